The van der Waals surface area contributed by atoms with Crippen molar-refractivity contribution >= 4 is 11.6 Å². The molecule has 0 saturated heterocycles. The van der Waals surface area contributed by atoms with Crippen LogP contribution in [0, 0.1) is 0 Å². The minimum atomic E-state index is -0.0808. The van der Waals surface area contributed by atoms with E-state index in [1.54, 1.807) is 6.92 Å². The highest BCUT2D eigenvalue weighted by Gasteiger charge is 1.95. The molecule has 0 aromatic carbocycles. The number of rotatable bonds is 2. The first-order chi connectivity index (χ1) is 4.04. The van der Waals surface area contributed by atoms with Crippen molar-refractivity contribution in [1.29, 1.82) is 0 Å². The first kappa shape index (κ1) is 8.08. The maximum Gasteiger partial charge on any atom is 0.155 e. The molecule has 50 valence electrons. The minimum Gasteiger partial charge on any atom is -0.295 e. The van der Waals surface area contributed by atoms with Crippen LogP contribution in [0.1, 0.15) is 20.8 Å². The highest BCUT2D eigenvalue weighted by Crippen LogP contribution is 1.92. The van der Waals surface area contributed by atoms with Gasteiger partial charge in [0.25, 0.3) is 0 Å². The van der Waals surface area contributed by atoms with Crippen LogP contribution in [0.3, 0.4) is 0 Å². The summed E-state index contributed by atoms with van der Waals surface area (Å²) in [6.07, 6.45) is 1.34. The molecule has 0 radical (unpaired) electrons. The third-order valence-corrected chi connectivity index (χ3v) is 0.975. The van der Waals surface area contributed by atoms with Crippen molar-refractivity contribution < 1.29 is 9.59 Å². The largest absolute Gasteiger partial charge is 0.295 e. The smallest absolute Gasteiger partial charge is 0.155 e. The van der Waals surface area contributed by atoms with Gasteiger partial charge in [0.15, 0.2) is 11.6 Å². The molecule has 0 spiro atoms. The van der Waals surface area contributed by atoms with E-state index in [4.69, 9.17) is 0 Å². The molecule has 9 heavy (non-hydrogen) atoms. The van der Waals surface area contributed by atoms with E-state index in [1.165, 1.54) is 19.9 Å². The summed E-state index contributed by atoms with van der Waals surface area (Å²) in [6.45, 7) is 4.49. The summed E-state index contributed by atoms with van der Waals surface area (Å²) >= 11 is 0. The van der Waals surface area contributed by atoms with Gasteiger partial charge in [-0.1, -0.05) is 0 Å². The highest BCUT2D eigenvalue weighted by atomic mass is 16.1. The number of hydrogen-bond donors (Lipinski definition) is 0. The molecule has 0 atom stereocenters. The second kappa shape index (κ2) is 3.17. The summed E-state index contributed by atoms with van der Waals surface area (Å²) in [5.41, 5.74) is 0.516. The quantitative estimate of drug-likeness (QED) is 0.519. The van der Waals surface area contributed by atoms with Gasteiger partial charge in [-0.05, 0) is 32.4 Å². The average Bonchev–Trinajstić information content (AvgIpc) is 1.63. The summed E-state index contributed by atoms with van der Waals surface area (Å²) < 4.78 is 0. The summed E-state index contributed by atoms with van der Waals surface area (Å²) in [7, 11) is 0. The first-order valence-corrected chi connectivity index (χ1v) is 2.74. The van der Waals surface area contributed by atoms with Crippen LogP contribution in [0.5, 0.6) is 0 Å². The maximum absolute atomic E-state index is 10.5. The third kappa shape index (κ3) is 3.64. The van der Waals surface area contributed by atoms with Crippen molar-refractivity contribution in [2.24, 2.45) is 0 Å². The van der Waals surface area contributed by atoms with Gasteiger partial charge in [-0.15, -0.1) is 0 Å². The summed E-state index contributed by atoms with van der Waals surface area (Å²) in [5.74, 6) is -0.132. The van der Waals surface area contributed by atoms with Gasteiger partial charge in [0.1, 0.15) is 0 Å². The van der Waals surface area contributed by atoms with Gasteiger partial charge in [0.2, 0.25) is 0 Å². The fourth-order valence-electron chi connectivity index (χ4n) is 0.407. The maximum atomic E-state index is 10.5. The Balaban J connectivity index is 4.17. The van der Waals surface area contributed by atoms with Crippen molar-refractivity contribution in [1.82, 2.24) is 0 Å². The third-order valence-electron chi connectivity index (χ3n) is 0.975. The lowest BCUT2D eigenvalue weighted by Gasteiger charge is -1.88. The van der Waals surface area contributed by atoms with E-state index < -0.39 is 0 Å². The molecule has 0 aromatic heterocycles. The van der Waals surface area contributed by atoms with Crippen molar-refractivity contribution in [3.8, 4) is 0 Å². The second-order valence-electron chi connectivity index (χ2n) is 1.99. The Labute approximate surface area is 54.6 Å². The zero-order chi connectivity index (χ0) is 7.44. The predicted molar refractivity (Wildman–Crippen MR) is 35.1 cm³/mol. The van der Waals surface area contributed by atoms with Gasteiger partial charge in [0.05, 0.1) is 0 Å². The van der Waals surface area contributed by atoms with Crippen molar-refractivity contribution in [2.45, 2.75) is 20.8 Å². The molecule has 0 fully saturated rings. The summed E-state index contributed by atoms with van der Waals surface area (Å²) in [6, 6.07) is 0. The normalized spacial score (nSPS) is 11.2. The molecule has 0 aliphatic rings. The monoisotopic (exact) mass is 126 g/mol. The van der Waals surface area contributed by atoms with Crippen LogP contribution in [-0.2, 0) is 9.59 Å². The van der Waals surface area contributed by atoms with Crippen LogP contribution in [0.15, 0.2) is 11.6 Å². The second-order valence-corrected chi connectivity index (χ2v) is 1.99. The Morgan fingerprint density at radius 2 is 1.56 bits per heavy atom. The molecule has 0 unspecified atom stereocenters. The van der Waals surface area contributed by atoms with Crippen molar-refractivity contribution in [2.75, 3.05) is 0 Å². The van der Waals surface area contributed by atoms with Gasteiger partial charge in [0, 0.05) is 0 Å². The van der Waals surface area contributed by atoms with E-state index in [0.29, 0.717) is 5.57 Å². The van der Waals surface area contributed by atoms with E-state index in [-0.39, 0.29) is 11.6 Å². The predicted octanol–water partition coefficient (Wildman–Crippen LogP) is 1.11. The Morgan fingerprint density at radius 3 is 1.67 bits per heavy atom. The van der Waals surface area contributed by atoms with E-state index in [1.807, 2.05) is 0 Å². The lowest BCUT2D eigenvalue weighted by atomic mass is 10.2. The first-order valence-electron chi connectivity index (χ1n) is 2.74. The average molecular weight is 126 g/mol. The molecule has 2 nitrogen and oxygen atoms in total. The van der Waals surface area contributed by atoms with Gasteiger partial charge >= 0.3 is 0 Å². The number of ketones is 2. The van der Waals surface area contributed by atoms with Gasteiger partial charge in [-0.3, -0.25) is 9.59 Å². The van der Waals surface area contributed by atoms with Crippen molar-refractivity contribution in [3.05, 3.63) is 11.6 Å². The van der Waals surface area contributed by atoms with Crippen LogP contribution < -0.4 is 0 Å². The van der Waals surface area contributed by atoms with Crippen LogP contribution in [-0.4, -0.2) is 11.6 Å². The summed E-state index contributed by atoms with van der Waals surface area (Å²) in [5, 5.41) is 0. The molecule has 0 aliphatic heterocycles. The van der Waals surface area contributed by atoms with Gasteiger partial charge in [-0.2, -0.15) is 0 Å². The van der Waals surface area contributed by atoms with Gasteiger partial charge < -0.3 is 0 Å². The topological polar surface area (TPSA) is 34.1 Å². The standard InChI is InChI=1S/C7H10O2/c1-5(7(3)9)4-6(2)8/h4H,1-3H3. The van der Waals surface area contributed by atoms with Gasteiger partial charge in [-0.25, -0.2) is 0 Å². The van der Waals surface area contributed by atoms with Crippen LogP contribution >= 0.6 is 0 Å². The molecule has 0 N–H and O–H groups in total. The molecule has 2 heteroatoms. The minimum absolute atomic E-state index is 0.0507. The number of Topliss-reactive ketones (excluding diaryl/α,β-unsaturated/α-hetero) is 1. The molecule has 0 aromatic rings. The van der Waals surface area contributed by atoms with E-state index in [2.05, 4.69) is 0 Å². The summed E-state index contributed by atoms with van der Waals surface area (Å²) in [4.78, 5) is 20.8. The number of carbonyl (C=O) groups is 2. The lowest BCUT2D eigenvalue weighted by Crippen LogP contribution is -1.94. The molecule has 0 bridgehead atoms. The number of hydrogen-bond acceptors (Lipinski definition) is 2. The fraction of sp³-hybridized carbons (Fsp3) is 0.429. The number of allylic oxidation sites excluding steroid dienone is 2. The SMILES string of the molecule is CC(=O)C=C(C)C(C)=O. The van der Waals surface area contributed by atoms with E-state index in [0.717, 1.165) is 0 Å². The van der Waals surface area contributed by atoms with E-state index in [9.17, 15) is 9.59 Å². The molecule has 0 aliphatic carbocycles. The lowest BCUT2D eigenvalue weighted by molar-refractivity contribution is -0.115. The van der Waals surface area contributed by atoms with Crippen LogP contribution in [0.25, 0.3) is 0 Å². The van der Waals surface area contributed by atoms with E-state index >= 15 is 0 Å². The molecular formula is C7H10O2. The number of carbonyl (C=O) groups excluding carboxylic acids is 2. The fourth-order valence-corrected chi connectivity index (χ4v) is 0.407. The molecule has 0 heterocycles. The van der Waals surface area contributed by atoms with Crippen LogP contribution in [0.4, 0.5) is 0 Å². The van der Waals surface area contributed by atoms with Crippen molar-refractivity contribution in [3.63, 3.8) is 0 Å². The highest BCUT2D eigenvalue weighted by molar-refractivity contribution is 6.00. The molecule has 0 amide bonds. The Bertz CT molecular complexity index is 166. The zero-order valence-corrected chi connectivity index (χ0v) is 5.89. The van der Waals surface area contributed by atoms with Crippen LogP contribution in [0.2, 0.25) is 0 Å². The Kier molecular flexibility index (Phi) is 2.85. The zero-order valence-electron chi connectivity index (χ0n) is 5.89. The Hall–Kier alpha value is -0.920. The Morgan fingerprint density at radius 1 is 1.11 bits per heavy atom. The molecular weight excluding hydrogens is 116 g/mol. The molecule has 0 saturated carbocycles. The molecule has 0 rings (SSSR count).